The van der Waals surface area contributed by atoms with Crippen molar-refractivity contribution in [3.05, 3.63) is 35.4 Å². The van der Waals surface area contributed by atoms with Crippen molar-refractivity contribution in [2.75, 3.05) is 0 Å². The van der Waals surface area contributed by atoms with E-state index in [0.717, 1.165) is 18.4 Å². The first kappa shape index (κ1) is 15.3. The Kier molecular flexibility index (Phi) is 4.67. The zero-order valence-corrected chi connectivity index (χ0v) is 13.4. The molecule has 1 aromatic carbocycles. The Balaban J connectivity index is 2.16. The third-order valence-electron chi connectivity index (χ3n) is 4.81. The lowest BCUT2D eigenvalue weighted by Crippen LogP contribution is -2.27. The molecule has 0 radical (unpaired) electrons. The number of carbonyl (C=O) groups excluding carboxylic acids is 1. The zero-order chi connectivity index (χ0) is 14.8. The maximum absolute atomic E-state index is 12.7. The summed E-state index contributed by atoms with van der Waals surface area (Å²) >= 11 is 0. The summed E-state index contributed by atoms with van der Waals surface area (Å²) in [4.78, 5) is 12.7. The maximum atomic E-state index is 12.7. The van der Waals surface area contributed by atoms with Gasteiger partial charge in [-0.1, -0.05) is 71.2 Å². The minimum Gasteiger partial charge on any atom is -0.294 e. The highest BCUT2D eigenvalue weighted by Gasteiger charge is 2.30. The Hall–Kier alpha value is -1.11. The average Bonchev–Trinajstić information content (AvgIpc) is 2.45. The SMILES string of the molecule is CCC1CCCCC1C(=O)c1ccc(C(C)(C)C)cc1. The molecule has 20 heavy (non-hydrogen) atoms. The predicted octanol–water partition coefficient (Wildman–Crippen LogP) is 5.38. The second-order valence-electron chi connectivity index (χ2n) is 7.25. The molecule has 1 saturated carbocycles. The fourth-order valence-corrected chi connectivity index (χ4v) is 3.39. The number of Topliss-reactive ketones (excluding diaryl/α,β-unsaturated/α-hetero) is 1. The van der Waals surface area contributed by atoms with Crippen LogP contribution in [-0.4, -0.2) is 5.78 Å². The molecule has 0 aromatic heterocycles. The third-order valence-corrected chi connectivity index (χ3v) is 4.81. The highest BCUT2D eigenvalue weighted by Crippen LogP contribution is 2.34. The van der Waals surface area contributed by atoms with Gasteiger partial charge in [0.1, 0.15) is 0 Å². The average molecular weight is 272 g/mol. The molecular formula is C19H28O. The van der Waals surface area contributed by atoms with E-state index in [1.54, 1.807) is 0 Å². The van der Waals surface area contributed by atoms with Crippen LogP contribution in [0.1, 0.15) is 75.7 Å². The van der Waals surface area contributed by atoms with E-state index in [4.69, 9.17) is 0 Å². The second-order valence-corrected chi connectivity index (χ2v) is 7.25. The monoisotopic (exact) mass is 272 g/mol. The molecule has 1 nitrogen and oxygen atoms in total. The Morgan fingerprint density at radius 2 is 1.70 bits per heavy atom. The van der Waals surface area contributed by atoms with Gasteiger partial charge in [-0.05, 0) is 29.7 Å². The molecule has 1 aliphatic carbocycles. The number of hydrogen-bond acceptors (Lipinski definition) is 1. The first-order chi connectivity index (χ1) is 9.43. The molecule has 0 bridgehead atoms. The van der Waals surface area contributed by atoms with Crippen molar-refractivity contribution in [1.82, 2.24) is 0 Å². The molecule has 1 aliphatic rings. The van der Waals surface area contributed by atoms with Gasteiger partial charge in [-0.2, -0.15) is 0 Å². The van der Waals surface area contributed by atoms with E-state index in [2.05, 4.69) is 39.8 Å². The summed E-state index contributed by atoms with van der Waals surface area (Å²) < 4.78 is 0. The fourth-order valence-electron chi connectivity index (χ4n) is 3.39. The smallest absolute Gasteiger partial charge is 0.166 e. The van der Waals surface area contributed by atoms with Gasteiger partial charge in [0, 0.05) is 11.5 Å². The largest absolute Gasteiger partial charge is 0.294 e. The minimum atomic E-state index is 0.151. The normalized spacial score (nSPS) is 23.6. The van der Waals surface area contributed by atoms with Gasteiger partial charge in [-0.3, -0.25) is 4.79 Å². The lowest BCUT2D eigenvalue weighted by atomic mass is 9.74. The van der Waals surface area contributed by atoms with Crippen LogP contribution in [-0.2, 0) is 5.41 Å². The van der Waals surface area contributed by atoms with Crippen LogP contribution in [0.15, 0.2) is 24.3 Å². The zero-order valence-electron chi connectivity index (χ0n) is 13.4. The predicted molar refractivity (Wildman–Crippen MR) is 85.2 cm³/mol. The van der Waals surface area contributed by atoms with Crippen LogP contribution in [0, 0.1) is 11.8 Å². The summed E-state index contributed by atoms with van der Waals surface area (Å²) in [5, 5.41) is 0. The van der Waals surface area contributed by atoms with Crippen molar-refractivity contribution in [3.8, 4) is 0 Å². The summed E-state index contributed by atoms with van der Waals surface area (Å²) in [5.41, 5.74) is 2.35. The van der Waals surface area contributed by atoms with E-state index < -0.39 is 0 Å². The van der Waals surface area contributed by atoms with E-state index in [-0.39, 0.29) is 11.3 Å². The van der Waals surface area contributed by atoms with E-state index in [1.165, 1.54) is 24.8 Å². The number of carbonyl (C=O) groups is 1. The van der Waals surface area contributed by atoms with Crippen molar-refractivity contribution in [3.63, 3.8) is 0 Å². The molecule has 0 saturated heterocycles. The Morgan fingerprint density at radius 3 is 2.25 bits per heavy atom. The molecule has 0 N–H and O–H groups in total. The Labute approximate surface area is 123 Å². The quantitative estimate of drug-likeness (QED) is 0.675. The van der Waals surface area contributed by atoms with Gasteiger partial charge in [0.25, 0.3) is 0 Å². The molecular weight excluding hydrogens is 244 g/mol. The van der Waals surface area contributed by atoms with Crippen LogP contribution in [0.5, 0.6) is 0 Å². The van der Waals surface area contributed by atoms with E-state index in [9.17, 15) is 4.79 Å². The van der Waals surface area contributed by atoms with E-state index in [0.29, 0.717) is 11.7 Å². The highest BCUT2D eigenvalue weighted by molar-refractivity contribution is 5.98. The summed E-state index contributed by atoms with van der Waals surface area (Å²) in [5.74, 6) is 1.23. The number of ketones is 1. The lowest BCUT2D eigenvalue weighted by Gasteiger charge is -2.29. The highest BCUT2D eigenvalue weighted by atomic mass is 16.1. The standard InChI is InChI=1S/C19H28O/c1-5-14-8-6-7-9-17(14)18(20)15-10-12-16(13-11-15)19(2,3)4/h10-14,17H,5-9H2,1-4H3. The molecule has 110 valence electrons. The van der Waals surface area contributed by atoms with Crippen molar-refractivity contribution in [2.45, 2.75) is 65.2 Å². The molecule has 2 atom stereocenters. The molecule has 0 amide bonds. The molecule has 0 heterocycles. The van der Waals surface area contributed by atoms with Crippen LogP contribution in [0.2, 0.25) is 0 Å². The number of hydrogen-bond donors (Lipinski definition) is 0. The van der Waals surface area contributed by atoms with Crippen LogP contribution < -0.4 is 0 Å². The maximum Gasteiger partial charge on any atom is 0.166 e. The van der Waals surface area contributed by atoms with Gasteiger partial charge in [0.05, 0.1) is 0 Å². The molecule has 2 unspecified atom stereocenters. The second kappa shape index (κ2) is 6.11. The minimum absolute atomic E-state index is 0.151. The summed E-state index contributed by atoms with van der Waals surface area (Å²) in [6, 6.07) is 8.31. The summed E-state index contributed by atoms with van der Waals surface area (Å²) in [6.45, 7) is 8.84. The van der Waals surface area contributed by atoms with Crippen molar-refractivity contribution in [1.29, 1.82) is 0 Å². The topological polar surface area (TPSA) is 17.1 Å². The van der Waals surface area contributed by atoms with Gasteiger partial charge in [0.2, 0.25) is 0 Å². The van der Waals surface area contributed by atoms with Gasteiger partial charge in [-0.25, -0.2) is 0 Å². The fraction of sp³-hybridized carbons (Fsp3) is 0.632. The first-order valence-corrected chi connectivity index (χ1v) is 8.08. The van der Waals surface area contributed by atoms with Gasteiger partial charge >= 0.3 is 0 Å². The summed E-state index contributed by atoms with van der Waals surface area (Å²) in [6.07, 6.45) is 5.96. The van der Waals surface area contributed by atoms with Gasteiger partial charge < -0.3 is 0 Å². The van der Waals surface area contributed by atoms with Crippen LogP contribution in [0.4, 0.5) is 0 Å². The third kappa shape index (κ3) is 3.31. The molecule has 2 rings (SSSR count). The molecule has 1 heteroatoms. The Bertz CT molecular complexity index is 450. The van der Waals surface area contributed by atoms with E-state index >= 15 is 0 Å². The Morgan fingerprint density at radius 1 is 1.10 bits per heavy atom. The van der Waals surface area contributed by atoms with Crippen molar-refractivity contribution >= 4 is 5.78 Å². The van der Waals surface area contributed by atoms with Crippen molar-refractivity contribution in [2.24, 2.45) is 11.8 Å². The van der Waals surface area contributed by atoms with E-state index in [1.807, 2.05) is 12.1 Å². The molecule has 0 spiro atoms. The molecule has 0 aliphatic heterocycles. The molecule has 1 aromatic rings. The van der Waals surface area contributed by atoms with Crippen LogP contribution in [0.25, 0.3) is 0 Å². The van der Waals surface area contributed by atoms with Crippen LogP contribution >= 0.6 is 0 Å². The molecule has 1 fully saturated rings. The lowest BCUT2D eigenvalue weighted by molar-refractivity contribution is 0.0820. The number of rotatable bonds is 3. The number of benzene rings is 1. The van der Waals surface area contributed by atoms with Gasteiger partial charge in [-0.15, -0.1) is 0 Å². The first-order valence-electron chi connectivity index (χ1n) is 8.08. The van der Waals surface area contributed by atoms with Gasteiger partial charge in [0.15, 0.2) is 5.78 Å². The van der Waals surface area contributed by atoms with Crippen LogP contribution in [0.3, 0.4) is 0 Å². The van der Waals surface area contributed by atoms with Crippen molar-refractivity contribution < 1.29 is 4.79 Å². The summed E-state index contributed by atoms with van der Waals surface area (Å²) in [7, 11) is 0.